The van der Waals surface area contributed by atoms with E-state index in [1.807, 2.05) is 6.92 Å². The van der Waals surface area contributed by atoms with Gasteiger partial charge in [-0.1, -0.05) is 11.6 Å². The second kappa shape index (κ2) is 5.85. The standard InChI is InChI=1S/C13H12ClN3O3/c1-8(15)9-4-5-16-13(6-9)20-12-3-2-10(17(18)19)7-11(12)14/h2-8H,15H2,1H3. The first kappa shape index (κ1) is 14.2. The van der Waals surface area contributed by atoms with Crippen LogP contribution < -0.4 is 10.5 Å². The predicted octanol–water partition coefficient (Wildman–Crippen LogP) is 3.46. The summed E-state index contributed by atoms with van der Waals surface area (Å²) in [6.45, 7) is 1.85. The van der Waals surface area contributed by atoms with E-state index < -0.39 is 4.92 Å². The highest BCUT2D eigenvalue weighted by molar-refractivity contribution is 6.32. The number of nitrogens with two attached hydrogens (primary N) is 1. The third-order valence-electron chi connectivity index (χ3n) is 2.63. The summed E-state index contributed by atoms with van der Waals surface area (Å²) < 4.78 is 5.51. The molecule has 1 atom stereocenters. The molecule has 1 heterocycles. The van der Waals surface area contributed by atoms with E-state index >= 15 is 0 Å². The summed E-state index contributed by atoms with van der Waals surface area (Å²) in [5.41, 5.74) is 6.55. The van der Waals surface area contributed by atoms with Gasteiger partial charge in [0.15, 0.2) is 0 Å². The highest BCUT2D eigenvalue weighted by atomic mass is 35.5. The number of aromatic nitrogens is 1. The maximum Gasteiger partial charge on any atom is 0.271 e. The van der Waals surface area contributed by atoms with Crippen LogP contribution in [0, 0.1) is 10.1 Å². The predicted molar refractivity (Wildman–Crippen MR) is 75.0 cm³/mol. The molecule has 0 amide bonds. The van der Waals surface area contributed by atoms with Gasteiger partial charge < -0.3 is 10.5 Å². The zero-order chi connectivity index (χ0) is 14.7. The number of ether oxygens (including phenoxy) is 1. The van der Waals surface area contributed by atoms with Crippen LogP contribution >= 0.6 is 11.6 Å². The van der Waals surface area contributed by atoms with Gasteiger partial charge >= 0.3 is 0 Å². The molecular weight excluding hydrogens is 282 g/mol. The highest BCUT2D eigenvalue weighted by Crippen LogP contribution is 2.32. The van der Waals surface area contributed by atoms with Crippen molar-refractivity contribution in [3.63, 3.8) is 0 Å². The molecule has 0 fully saturated rings. The Labute approximate surface area is 120 Å². The van der Waals surface area contributed by atoms with Gasteiger partial charge in [-0.2, -0.15) is 0 Å². The Morgan fingerprint density at radius 2 is 2.15 bits per heavy atom. The minimum Gasteiger partial charge on any atom is -0.437 e. The SMILES string of the molecule is CC(N)c1ccnc(Oc2ccc([N+](=O)[O-])cc2Cl)c1. The fourth-order valence-corrected chi connectivity index (χ4v) is 1.78. The lowest BCUT2D eigenvalue weighted by atomic mass is 10.1. The normalized spacial score (nSPS) is 11.9. The average molecular weight is 294 g/mol. The van der Waals surface area contributed by atoms with Crippen LogP contribution in [-0.4, -0.2) is 9.91 Å². The zero-order valence-electron chi connectivity index (χ0n) is 10.6. The molecule has 1 unspecified atom stereocenters. The van der Waals surface area contributed by atoms with Gasteiger partial charge in [0.25, 0.3) is 5.69 Å². The van der Waals surface area contributed by atoms with Gasteiger partial charge in [-0.05, 0) is 24.6 Å². The maximum atomic E-state index is 10.6. The summed E-state index contributed by atoms with van der Waals surface area (Å²) in [6, 6.07) is 7.31. The summed E-state index contributed by atoms with van der Waals surface area (Å²) in [7, 11) is 0. The zero-order valence-corrected chi connectivity index (χ0v) is 11.4. The van der Waals surface area contributed by atoms with Gasteiger partial charge in [-0.25, -0.2) is 4.98 Å². The van der Waals surface area contributed by atoms with Gasteiger partial charge in [-0.3, -0.25) is 10.1 Å². The Hall–Kier alpha value is -2.18. The molecule has 2 N–H and O–H groups in total. The van der Waals surface area contributed by atoms with E-state index in [1.54, 1.807) is 18.3 Å². The monoisotopic (exact) mass is 293 g/mol. The largest absolute Gasteiger partial charge is 0.437 e. The van der Waals surface area contributed by atoms with Gasteiger partial charge in [0.2, 0.25) is 5.88 Å². The van der Waals surface area contributed by atoms with Crippen molar-refractivity contribution < 1.29 is 9.66 Å². The number of halogens is 1. The molecule has 0 aliphatic carbocycles. The lowest BCUT2D eigenvalue weighted by Gasteiger charge is -2.09. The second-order valence-electron chi connectivity index (χ2n) is 4.19. The van der Waals surface area contributed by atoms with E-state index in [9.17, 15) is 10.1 Å². The maximum absolute atomic E-state index is 10.6. The van der Waals surface area contributed by atoms with Crippen molar-refractivity contribution in [2.75, 3.05) is 0 Å². The molecule has 104 valence electrons. The molecule has 0 radical (unpaired) electrons. The first-order valence-electron chi connectivity index (χ1n) is 5.80. The molecule has 0 bridgehead atoms. The molecule has 7 heteroatoms. The smallest absolute Gasteiger partial charge is 0.271 e. The van der Waals surface area contributed by atoms with Crippen LogP contribution in [0.2, 0.25) is 5.02 Å². The molecule has 1 aromatic carbocycles. The molecule has 0 aliphatic heterocycles. The number of nitro benzene ring substituents is 1. The summed E-state index contributed by atoms with van der Waals surface area (Å²) in [4.78, 5) is 14.1. The Morgan fingerprint density at radius 1 is 1.40 bits per heavy atom. The van der Waals surface area contributed by atoms with Crippen molar-refractivity contribution in [2.24, 2.45) is 5.73 Å². The Morgan fingerprint density at radius 3 is 2.75 bits per heavy atom. The molecule has 0 aliphatic rings. The van der Waals surface area contributed by atoms with Crippen molar-refractivity contribution in [1.29, 1.82) is 0 Å². The first-order chi connectivity index (χ1) is 9.47. The van der Waals surface area contributed by atoms with Crippen LogP contribution in [0.5, 0.6) is 11.6 Å². The van der Waals surface area contributed by atoms with E-state index in [0.29, 0.717) is 11.6 Å². The van der Waals surface area contributed by atoms with Crippen molar-refractivity contribution in [1.82, 2.24) is 4.98 Å². The van der Waals surface area contributed by atoms with Gasteiger partial charge in [0.05, 0.1) is 9.95 Å². The molecule has 20 heavy (non-hydrogen) atoms. The molecule has 6 nitrogen and oxygen atoms in total. The summed E-state index contributed by atoms with van der Waals surface area (Å²) in [6.07, 6.45) is 1.58. The van der Waals surface area contributed by atoms with Crippen molar-refractivity contribution in [3.05, 3.63) is 57.2 Å². The number of hydrogen-bond donors (Lipinski definition) is 1. The van der Waals surface area contributed by atoms with E-state index in [1.165, 1.54) is 18.2 Å². The highest BCUT2D eigenvalue weighted by Gasteiger charge is 2.12. The number of nitro groups is 1. The second-order valence-corrected chi connectivity index (χ2v) is 4.60. The fourth-order valence-electron chi connectivity index (χ4n) is 1.56. The number of benzene rings is 1. The van der Waals surface area contributed by atoms with E-state index in [0.717, 1.165) is 5.56 Å². The topological polar surface area (TPSA) is 91.3 Å². The molecule has 2 rings (SSSR count). The quantitative estimate of drug-likeness (QED) is 0.688. The van der Waals surface area contributed by atoms with E-state index in [-0.39, 0.29) is 16.8 Å². The van der Waals surface area contributed by atoms with E-state index in [4.69, 9.17) is 22.1 Å². The van der Waals surface area contributed by atoms with Gasteiger partial charge in [0.1, 0.15) is 5.75 Å². The Kier molecular flexibility index (Phi) is 4.16. The van der Waals surface area contributed by atoms with Crippen molar-refractivity contribution >= 4 is 17.3 Å². The van der Waals surface area contributed by atoms with Crippen LogP contribution in [0.15, 0.2) is 36.5 Å². The minimum absolute atomic E-state index is 0.0976. The average Bonchev–Trinajstić information content (AvgIpc) is 2.41. The van der Waals surface area contributed by atoms with E-state index in [2.05, 4.69) is 4.98 Å². The van der Waals surface area contributed by atoms with Crippen molar-refractivity contribution in [2.45, 2.75) is 13.0 Å². The molecule has 0 saturated heterocycles. The fraction of sp³-hybridized carbons (Fsp3) is 0.154. The van der Waals surface area contributed by atoms with Crippen LogP contribution in [0.3, 0.4) is 0 Å². The molecule has 1 aromatic heterocycles. The summed E-state index contributed by atoms with van der Waals surface area (Å²) >= 11 is 5.94. The number of pyridine rings is 1. The van der Waals surface area contributed by atoms with Crippen LogP contribution in [0.4, 0.5) is 5.69 Å². The molecule has 0 saturated carbocycles. The van der Waals surface area contributed by atoms with Gasteiger partial charge in [-0.15, -0.1) is 0 Å². The summed E-state index contributed by atoms with van der Waals surface area (Å²) in [5.74, 6) is 0.627. The Bertz CT molecular complexity index is 647. The third-order valence-corrected chi connectivity index (χ3v) is 2.92. The number of nitrogens with zero attached hydrogens (tertiary/aromatic N) is 2. The molecular formula is C13H12ClN3O3. The molecule has 2 aromatic rings. The summed E-state index contributed by atoms with van der Waals surface area (Å²) in [5, 5.41) is 10.8. The lowest BCUT2D eigenvalue weighted by Crippen LogP contribution is -2.05. The number of hydrogen-bond acceptors (Lipinski definition) is 5. The van der Waals surface area contributed by atoms with Crippen LogP contribution in [0.1, 0.15) is 18.5 Å². The first-order valence-corrected chi connectivity index (χ1v) is 6.18. The lowest BCUT2D eigenvalue weighted by molar-refractivity contribution is -0.384. The van der Waals surface area contributed by atoms with Crippen LogP contribution in [-0.2, 0) is 0 Å². The van der Waals surface area contributed by atoms with Crippen LogP contribution in [0.25, 0.3) is 0 Å². The Balaban J connectivity index is 2.26. The third kappa shape index (κ3) is 3.23. The minimum atomic E-state index is -0.523. The number of non-ortho nitro benzene ring substituents is 1. The van der Waals surface area contributed by atoms with Crippen molar-refractivity contribution in [3.8, 4) is 11.6 Å². The number of rotatable bonds is 4. The van der Waals surface area contributed by atoms with Gasteiger partial charge in [0, 0.05) is 30.4 Å². The molecule has 0 spiro atoms.